The number of aromatic nitrogens is 2. The van der Waals surface area contributed by atoms with E-state index in [9.17, 15) is 4.79 Å². The van der Waals surface area contributed by atoms with E-state index in [-0.39, 0.29) is 12.0 Å². The third-order valence-corrected chi connectivity index (χ3v) is 3.96. The van der Waals surface area contributed by atoms with Gasteiger partial charge < -0.3 is 19.1 Å². The Morgan fingerprint density at radius 1 is 1.21 bits per heavy atom. The van der Waals surface area contributed by atoms with Gasteiger partial charge in [0.25, 0.3) is 0 Å². The molecule has 0 atom stereocenters. The Hall–Kier alpha value is -2.57. The second-order valence-corrected chi connectivity index (χ2v) is 6.10. The van der Waals surface area contributed by atoms with E-state index < -0.39 is 0 Å². The Kier molecular flexibility index (Phi) is 4.98. The van der Waals surface area contributed by atoms with Crippen LogP contribution in [0.25, 0.3) is 0 Å². The summed E-state index contributed by atoms with van der Waals surface area (Å²) in [6.45, 7) is 6.80. The van der Waals surface area contributed by atoms with E-state index in [2.05, 4.69) is 10.1 Å². The van der Waals surface area contributed by atoms with Crippen molar-refractivity contribution >= 4 is 12.1 Å². The normalized spacial score (nSPS) is 15.0. The quantitative estimate of drug-likeness (QED) is 0.858. The minimum atomic E-state index is -0.285. The average Bonchev–Trinajstić information content (AvgIpc) is 3.11. The number of hydrogen-bond acceptors (Lipinski definition) is 6. The number of carbonyl (C=O) groups excluding carboxylic acids is 1. The SMILES string of the molecule is CC(C)c1noc(N2CCN(C(=O)OCc3ccccc3)CC2)n1. The van der Waals surface area contributed by atoms with Crippen LogP contribution in [-0.2, 0) is 11.3 Å². The summed E-state index contributed by atoms with van der Waals surface area (Å²) in [5.74, 6) is 0.937. The lowest BCUT2D eigenvalue weighted by Crippen LogP contribution is -2.49. The van der Waals surface area contributed by atoms with Crippen molar-refractivity contribution in [1.29, 1.82) is 0 Å². The molecule has 7 heteroatoms. The molecule has 0 saturated carbocycles. The van der Waals surface area contributed by atoms with Crippen LogP contribution in [-0.4, -0.2) is 47.3 Å². The Morgan fingerprint density at radius 3 is 2.54 bits per heavy atom. The molecule has 0 aliphatic carbocycles. The number of anilines is 1. The molecule has 1 aliphatic rings. The van der Waals surface area contributed by atoms with Crippen LogP contribution < -0.4 is 4.90 Å². The van der Waals surface area contributed by atoms with Crippen LogP contribution in [0, 0.1) is 0 Å². The zero-order chi connectivity index (χ0) is 16.9. The zero-order valence-corrected chi connectivity index (χ0v) is 14.0. The van der Waals surface area contributed by atoms with Gasteiger partial charge in [0, 0.05) is 32.1 Å². The van der Waals surface area contributed by atoms with Gasteiger partial charge in [-0.05, 0) is 5.56 Å². The van der Waals surface area contributed by atoms with Crippen LogP contribution >= 0.6 is 0 Å². The van der Waals surface area contributed by atoms with E-state index in [1.165, 1.54) is 0 Å². The van der Waals surface area contributed by atoms with Crippen molar-refractivity contribution in [2.45, 2.75) is 26.4 Å². The highest BCUT2D eigenvalue weighted by Crippen LogP contribution is 2.18. The first-order valence-corrected chi connectivity index (χ1v) is 8.17. The molecule has 1 aliphatic heterocycles. The van der Waals surface area contributed by atoms with E-state index in [4.69, 9.17) is 9.26 Å². The van der Waals surface area contributed by atoms with Gasteiger partial charge in [0.05, 0.1) is 0 Å². The lowest BCUT2D eigenvalue weighted by molar-refractivity contribution is 0.0937. The molecule has 0 bridgehead atoms. The molecule has 7 nitrogen and oxygen atoms in total. The minimum absolute atomic E-state index is 0.233. The fraction of sp³-hybridized carbons (Fsp3) is 0.471. The summed E-state index contributed by atoms with van der Waals surface area (Å²) in [5, 5.41) is 3.98. The van der Waals surface area contributed by atoms with Gasteiger partial charge in [0.15, 0.2) is 5.82 Å². The van der Waals surface area contributed by atoms with Crippen LogP contribution in [0.1, 0.15) is 31.2 Å². The summed E-state index contributed by atoms with van der Waals surface area (Å²) < 4.78 is 10.7. The van der Waals surface area contributed by atoms with Gasteiger partial charge in [-0.2, -0.15) is 4.98 Å². The van der Waals surface area contributed by atoms with E-state index in [1.807, 2.05) is 49.1 Å². The summed E-state index contributed by atoms with van der Waals surface area (Å²) in [7, 11) is 0. The molecule has 24 heavy (non-hydrogen) atoms. The third-order valence-electron chi connectivity index (χ3n) is 3.96. The van der Waals surface area contributed by atoms with Crippen molar-refractivity contribution in [3.63, 3.8) is 0 Å². The van der Waals surface area contributed by atoms with Crippen LogP contribution in [0.3, 0.4) is 0 Å². The lowest BCUT2D eigenvalue weighted by Gasteiger charge is -2.32. The number of hydrogen-bond donors (Lipinski definition) is 0. The molecule has 2 heterocycles. The van der Waals surface area contributed by atoms with Crippen molar-refractivity contribution in [3.8, 4) is 0 Å². The summed E-state index contributed by atoms with van der Waals surface area (Å²) >= 11 is 0. The molecule has 0 unspecified atom stereocenters. The summed E-state index contributed by atoms with van der Waals surface area (Å²) in [4.78, 5) is 20.2. The molecule has 0 N–H and O–H groups in total. The van der Waals surface area contributed by atoms with Gasteiger partial charge in [0.1, 0.15) is 6.61 Å². The molecule has 2 aromatic rings. The third kappa shape index (κ3) is 3.84. The smallest absolute Gasteiger partial charge is 0.410 e. The molecule has 1 fully saturated rings. The van der Waals surface area contributed by atoms with Crippen molar-refractivity contribution in [2.75, 3.05) is 31.1 Å². The average molecular weight is 330 g/mol. The van der Waals surface area contributed by atoms with E-state index >= 15 is 0 Å². The van der Waals surface area contributed by atoms with Gasteiger partial charge in [-0.1, -0.05) is 49.3 Å². The van der Waals surface area contributed by atoms with Gasteiger partial charge >= 0.3 is 12.1 Å². The highest BCUT2D eigenvalue weighted by Gasteiger charge is 2.25. The van der Waals surface area contributed by atoms with Crippen molar-refractivity contribution in [1.82, 2.24) is 15.0 Å². The number of nitrogens with zero attached hydrogens (tertiary/aromatic N) is 4. The first-order chi connectivity index (χ1) is 11.6. The van der Waals surface area contributed by atoms with Crippen LogP contribution in [0.4, 0.5) is 10.8 Å². The number of carbonyl (C=O) groups is 1. The molecule has 1 aromatic carbocycles. The first-order valence-electron chi connectivity index (χ1n) is 8.17. The van der Waals surface area contributed by atoms with Gasteiger partial charge in [0.2, 0.25) is 0 Å². The monoisotopic (exact) mass is 330 g/mol. The van der Waals surface area contributed by atoms with Crippen molar-refractivity contribution in [2.24, 2.45) is 0 Å². The second-order valence-electron chi connectivity index (χ2n) is 6.10. The fourth-order valence-electron chi connectivity index (χ4n) is 2.48. The zero-order valence-electron chi connectivity index (χ0n) is 14.0. The Morgan fingerprint density at radius 2 is 1.92 bits per heavy atom. The number of piperazine rings is 1. The highest BCUT2D eigenvalue weighted by molar-refractivity contribution is 5.68. The van der Waals surface area contributed by atoms with Crippen LogP contribution in [0.15, 0.2) is 34.9 Å². The maximum atomic E-state index is 12.1. The maximum absolute atomic E-state index is 12.1. The van der Waals surface area contributed by atoms with Crippen molar-refractivity contribution < 1.29 is 14.1 Å². The summed E-state index contributed by atoms with van der Waals surface area (Å²) in [6, 6.07) is 10.2. The lowest BCUT2D eigenvalue weighted by atomic mass is 10.2. The Bertz CT molecular complexity index is 663. The predicted octanol–water partition coefficient (Wildman–Crippen LogP) is 2.65. The van der Waals surface area contributed by atoms with Crippen LogP contribution in [0.2, 0.25) is 0 Å². The first kappa shape index (κ1) is 16.3. The fourth-order valence-corrected chi connectivity index (χ4v) is 2.48. The van der Waals surface area contributed by atoms with E-state index in [0.717, 1.165) is 5.56 Å². The molecule has 1 aromatic heterocycles. The van der Waals surface area contributed by atoms with E-state index in [1.54, 1.807) is 4.90 Å². The Balaban J connectivity index is 1.48. The van der Waals surface area contributed by atoms with Crippen LogP contribution in [0.5, 0.6) is 0 Å². The van der Waals surface area contributed by atoms with Gasteiger partial charge in [-0.15, -0.1) is 0 Å². The molecule has 1 saturated heterocycles. The van der Waals surface area contributed by atoms with E-state index in [0.29, 0.717) is 44.6 Å². The molecule has 128 valence electrons. The summed E-state index contributed by atoms with van der Waals surface area (Å²) in [5.41, 5.74) is 0.983. The number of benzene rings is 1. The maximum Gasteiger partial charge on any atom is 0.410 e. The molecule has 1 amide bonds. The highest BCUT2D eigenvalue weighted by atomic mass is 16.6. The number of ether oxygens (including phenoxy) is 1. The van der Waals surface area contributed by atoms with Gasteiger partial charge in [-0.3, -0.25) is 0 Å². The molecular weight excluding hydrogens is 308 g/mol. The molecule has 3 rings (SSSR count). The Labute approximate surface area is 141 Å². The number of amides is 1. The standard InChI is InChI=1S/C17H22N4O3/c1-13(2)15-18-16(24-19-15)20-8-10-21(11-9-20)17(22)23-12-14-6-4-3-5-7-14/h3-7,13H,8-12H2,1-2H3. The van der Waals surface area contributed by atoms with Crippen molar-refractivity contribution in [3.05, 3.63) is 41.7 Å². The summed E-state index contributed by atoms with van der Waals surface area (Å²) in [6.07, 6.45) is -0.285. The minimum Gasteiger partial charge on any atom is -0.445 e. The van der Waals surface area contributed by atoms with Gasteiger partial charge in [-0.25, -0.2) is 4.79 Å². The second kappa shape index (κ2) is 7.33. The molecule has 0 spiro atoms. The number of rotatable bonds is 4. The predicted molar refractivity (Wildman–Crippen MR) is 88.8 cm³/mol. The largest absolute Gasteiger partial charge is 0.445 e. The topological polar surface area (TPSA) is 71.7 Å². The molecular formula is C17H22N4O3. The molecule has 0 radical (unpaired) electrons.